The monoisotopic (exact) mass is 257 g/mol. The van der Waals surface area contributed by atoms with E-state index in [1.54, 1.807) is 0 Å². The smallest absolute Gasteiger partial charge is 0.320 e. The van der Waals surface area contributed by atoms with Crippen LogP contribution in [0.15, 0.2) is 4.99 Å². The van der Waals surface area contributed by atoms with Crippen molar-refractivity contribution in [3.63, 3.8) is 0 Å². The number of nitrogens with two attached hydrogens (primary N) is 1. The third kappa shape index (κ3) is 9.77. The van der Waals surface area contributed by atoms with Crippen LogP contribution in [0.25, 0.3) is 0 Å². The van der Waals surface area contributed by atoms with E-state index in [0.717, 1.165) is 18.9 Å². The second-order valence-corrected chi connectivity index (χ2v) is 4.40. The molecular weight excluding hydrogens is 234 g/mol. The number of carbonyl (C=O) groups is 2. The van der Waals surface area contributed by atoms with E-state index in [1.165, 1.54) is 6.42 Å². The van der Waals surface area contributed by atoms with Gasteiger partial charge in [-0.2, -0.15) is 0 Å². The van der Waals surface area contributed by atoms with Crippen molar-refractivity contribution in [2.75, 3.05) is 13.1 Å². The van der Waals surface area contributed by atoms with Gasteiger partial charge in [0.05, 0.1) is 0 Å². The van der Waals surface area contributed by atoms with Crippen molar-refractivity contribution in [3.05, 3.63) is 0 Å². The Labute approximate surface area is 108 Å². The van der Waals surface area contributed by atoms with Gasteiger partial charge < -0.3 is 16.2 Å². The van der Waals surface area contributed by atoms with Crippen LogP contribution >= 0.6 is 0 Å². The van der Waals surface area contributed by atoms with Crippen LogP contribution < -0.4 is 11.1 Å². The number of aliphatic imine (C=N–C) groups is 1. The highest BCUT2D eigenvalue weighted by Gasteiger charge is 2.09. The molecule has 0 saturated heterocycles. The SMILES string of the molecule is CC1CC=NC1.NC(CCCCNC=O)C(=O)O. The summed E-state index contributed by atoms with van der Waals surface area (Å²) >= 11 is 0. The number of unbranched alkanes of at least 4 members (excludes halogenated alkanes) is 1. The maximum absolute atomic E-state index is 10.2. The van der Waals surface area contributed by atoms with Gasteiger partial charge >= 0.3 is 5.97 Å². The summed E-state index contributed by atoms with van der Waals surface area (Å²) in [5.41, 5.74) is 5.24. The topological polar surface area (TPSA) is 105 Å². The summed E-state index contributed by atoms with van der Waals surface area (Å²) in [6.07, 6.45) is 5.76. The average molecular weight is 257 g/mol. The molecule has 104 valence electrons. The van der Waals surface area contributed by atoms with Crippen LogP contribution in [-0.2, 0) is 9.59 Å². The van der Waals surface area contributed by atoms with Gasteiger partial charge in [0.15, 0.2) is 0 Å². The number of aliphatic carboxylic acids is 1. The highest BCUT2D eigenvalue weighted by atomic mass is 16.4. The van der Waals surface area contributed by atoms with E-state index in [4.69, 9.17) is 10.8 Å². The van der Waals surface area contributed by atoms with Crippen molar-refractivity contribution in [1.82, 2.24) is 5.32 Å². The number of amides is 1. The zero-order valence-electron chi connectivity index (χ0n) is 10.8. The molecule has 0 radical (unpaired) electrons. The minimum atomic E-state index is -0.974. The minimum Gasteiger partial charge on any atom is -0.480 e. The van der Waals surface area contributed by atoms with Gasteiger partial charge in [-0.15, -0.1) is 0 Å². The molecule has 1 rings (SSSR count). The van der Waals surface area contributed by atoms with Gasteiger partial charge in [0.1, 0.15) is 6.04 Å². The number of nitrogens with one attached hydrogen (secondary N) is 1. The van der Waals surface area contributed by atoms with E-state index in [1.807, 2.05) is 6.21 Å². The molecule has 4 N–H and O–H groups in total. The molecule has 0 spiro atoms. The zero-order valence-corrected chi connectivity index (χ0v) is 10.8. The number of rotatable bonds is 7. The summed E-state index contributed by atoms with van der Waals surface area (Å²) < 4.78 is 0. The van der Waals surface area contributed by atoms with Crippen molar-refractivity contribution in [2.24, 2.45) is 16.6 Å². The number of hydrogen-bond donors (Lipinski definition) is 3. The maximum atomic E-state index is 10.2. The lowest BCUT2D eigenvalue weighted by molar-refractivity contribution is -0.138. The summed E-state index contributed by atoms with van der Waals surface area (Å²) in [6, 6.07) is -0.777. The van der Waals surface area contributed by atoms with Crippen molar-refractivity contribution in [3.8, 4) is 0 Å². The molecule has 0 aliphatic carbocycles. The first-order valence-corrected chi connectivity index (χ1v) is 6.21. The molecule has 0 bridgehead atoms. The highest BCUT2D eigenvalue weighted by Crippen LogP contribution is 2.04. The summed E-state index contributed by atoms with van der Waals surface area (Å²) in [5, 5.41) is 10.9. The first kappa shape index (κ1) is 16.6. The van der Waals surface area contributed by atoms with E-state index >= 15 is 0 Å². The molecule has 2 unspecified atom stereocenters. The molecule has 6 nitrogen and oxygen atoms in total. The highest BCUT2D eigenvalue weighted by molar-refractivity contribution is 5.72. The fourth-order valence-corrected chi connectivity index (χ4v) is 1.36. The Bertz CT molecular complexity index is 261. The molecule has 1 aliphatic heterocycles. The molecule has 1 heterocycles. The largest absolute Gasteiger partial charge is 0.480 e. The Kier molecular flexibility index (Phi) is 9.86. The molecule has 1 aliphatic rings. The van der Waals surface area contributed by atoms with E-state index in [0.29, 0.717) is 25.8 Å². The number of carbonyl (C=O) groups excluding carboxylic acids is 1. The van der Waals surface area contributed by atoms with Crippen LogP contribution in [0, 0.1) is 5.92 Å². The molecule has 6 heteroatoms. The lowest BCUT2D eigenvalue weighted by Crippen LogP contribution is -2.30. The van der Waals surface area contributed by atoms with E-state index in [2.05, 4.69) is 17.2 Å². The number of carboxylic acid groups (broad SMARTS) is 1. The third-order valence-corrected chi connectivity index (χ3v) is 2.54. The van der Waals surface area contributed by atoms with E-state index in [9.17, 15) is 9.59 Å². The summed E-state index contributed by atoms with van der Waals surface area (Å²) in [6.45, 7) is 3.85. The molecular formula is C12H23N3O3. The van der Waals surface area contributed by atoms with Gasteiger partial charge in [0.2, 0.25) is 6.41 Å². The summed E-state index contributed by atoms with van der Waals surface area (Å²) in [5.74, 6) is -0.150. The standard InChI is InChI=1S/C7H14N2O3.C5H9N/c8-6(7(11)12)3-1-2-4-9-5-10;1-5-2-3-6-4-5/h5-6H,1-4,8H2,(H,9,10)(H,11,12);3,5H,2,4H2,1H3. The maximum Gasteiger partial charge on any atom is 0.320 e. The van der Waals surface area contributed by atoms with Crippen LogP contribution in [0.4, 0.5) is 0 Å². The molecule has 1 amide bonds. The minimum absolute atomic E-state index is 0.454. The van der Waals surface area contributed by atoms with Crippen LogP contribution in [0.2, 0.25) is 0 Å². The van der Waals surface area contributed by atoms with Gasteiger partial charge in [-0.1, -0.05) is 6.92 Å². The van der Waals surface area contributed by atoms with Crippen LogP contribution in [0.5, 0.6) is 0 Å². The predicted molar refractivity (Wildman–Crippen MR) is 70.7 cm³/mol. The molecule has 2 atom stereocenters. The van der Waals surface area contributed by atoms with Gasteiger partial charge in [-0.25, -0.2) is 0 Å². The van der Waals surface area contributed by atoms with E-state index in [-0.39, 0.29) is 0 Å². The Balaban J connectivity index is 0.000000397. The van der Waals surface area contributed by atoms with Crippen molar-refractivity contribution >= 4 is 18.6 Å². The van der Waals surface area contributed by atoms with E-state index < -0.39 is 12.0 Å². The molecule has 0 aromatic carbocycles. The Morgan fingerprint density at radius 1 is 1.67 bits per heavy atom. The normalized spacial score (nSPS) is 18.7. The van der Waals surface area contributed by atoms with Crippen molar-refractivity contribution < 1.29 is 14.7 Å². The fourth-order valence-electron chi connectivity index (χ4n) is 1.36. The molecule has 0 aromatic heterocycles. The average Bonchev–Trinajstić information content (AvgIpc) is 2.80. The first-order valence-electron chi connectivity index (χ1n) is 6.21. The lowest BCUT2D eigenvalue weighted by atomic mass is 10.1. The first-order chi connectivity index (χ1) is 8.57. The number of nitrogens with zero attached hydrogens (tertiary/aromatic N) is 1. The van der Waals surface area contributed by atoms with Gasteiger partial charge in [-0.05, 0) is 37.8 Å². The molecule has 0 aromatic rings. The Hall–Kier alpha value is -1.43. The van der Waals surface area contributed by atoms with Gasteiger partial charge in [-0.3, -0.25) is 14.6 Å². The summed E-state index contributed by atoms with van der Waals surface area (Å²) in [7, 11) is 0. The number of carboxylic acids is 1. The second-order valence-electron chi connectivity index (χ2n) is 4.40. The second kappa shape index (κ2) is 10.7. The van der Waals surface area contributed by atoms with Crippen LogP contribution in [0.3, 0.4) is 0 Å². The summed E-state index contributed by atoms with van der Waals surface area (Å²) in [4.78, 5) is 24.0. The lowest BCUT2D eigenvalue weighted by Gasteiger charge is -2.04. The Morgan fingerprint density at radius 3 is 2.78 bits per heavy atom. The molecule has 18 heavy (non-hydrogen) atoms. The van der Waals surface area contributed by atoms with Crippen molar-refractivity contribution in [1.29, 1.82) is 0 Å². The van der Waals surface area contributed by atoms with Gasteiger partial charge in [0.25, 0.3) is 0 Å². The number of hydrogen-bond acceptors (Lipinski definition) is 4. The van der Waals surface area contributed by atoms with Gasteiger partial charge in [0, 0.05) is 13.1 Å². The zero-order chi connectivity index (χ0) is 13.8. The third-order valence-electron chi connectivity index (χ3n) is 2.54. The molecule has 0 saturated carbocycles. The molecule has 0 fully saturated rings. The fraction of sp³-hybridized carbons (Fsp3) is 0.750. The predicted octanol–water partition coefficient (Wildman–Crippen LogP) is 0.412. The van der Waals surface area contributed by atoms with Crippen LogP contribution in [0.1, 0.15) is 32.6 Å². The quantitative estimate of drug-likeness (QED) is 0.454. The Morgan fingerprint density at radius 2 is 2.39 bits per heavy atom. The van der Waals surface area contributed by atoms with Crippen molar-refractivity contribution in [2.45, 2.75) is 38.6 Å². The van der Waals surface area contributed by atoms with Crippen LogP contribution in [-0.4, -0.2) is 42.8 Å².